The van der Waals surface area contributed by atoms with Crippen LogP contribution in [0.15, 0.2) is 42.5 Å². The van der Waals surface area contributed by atoms with Crippen LogP contribution in [-0.2, 0) is 23.2 Å². The lowest BCUT2D eigenvalue weighted by atomic mass is 9.42. The Hall–Kier alpha value is -2.77. The number of amides is 1. The Morgan fingerprint density at radius 3 is 2.79 bits per heavy atom. The second kappa shape index (κ2) is 9.16. The zero-order valence-corrected chi connectivity index (χ0v) is 22.2. The van der Waals surface area contributed by atoms with Crippen molar-refractivity contribution in [3.05, 3.63) is 59.2 Å². The van der Waals surface area contributed by atoms with Crippen LogP contribution in [0.5, 0.6) is 11.5 Å². The molecule has 1 spiro atoms. The third kappa shape index (κ3) is 3.58. The van der Waals surface area contributed by atoms with Crippen LogP contribution in [0, 0.1) is 11.3 Å². The smallest absolute Gasteiger partial charge is 0.407 e. The number of aliphatic hydroxyl groups is 1. The highest BCUT2D eigenvalue weighted by Crippen LogP contribution is 2.70. The van der Waals surface area contributed by atoms with Crippen LogP contribution in [0.2, 0.25) is 0 Å². The molecule has 0 aromatic heterocycles. The summed E-state index contributed by atoms with van der Waals surface area (Å²) in [6.07, 6.45) is 5.91. The molecule has 2 saturated carbocycles. The fourth-order valence-corrected chi connectivity index (χ4v) is 8.50. The van der Waals surface area contributed by atoms with Crippen LogP contribution in [0.1, 0.15) is 55.2 Å². The SMILES string of the molecule is COc1ccc2c3c1O[C@H]1[C@@H](O)CC[C@@]4(CCNC(=O)OCc5ccccc5)[C@@H](C2)N(CC2CC2)CC[C@]314. The second-order valence-electron chi connectivity index (χ2n) is 12.0. The Morgan fingerprint density at radius 1 is 1.16 bits per heavy atom. The maximum atomic E-state index is 12.7. The van der Waals surface area contributed by atoms with Gasteiger partial charge in [0.05, 0.1) is 13.2 Å². The number of carbonyl (C=O) groups excluding carboxylic acids is 1. The van der Waals surface area contributed by atoms with E-state index in [4.69, 9.17) is 14.2 Å². The van der Waals surface area contributed by atoms with E-state index in [2.05, 4.69) is 16.3 Å². The van der Waals surface area contributed by atoms with Crippen LogP contribution >= 0.6 is 0 Å². The first kappa shape index (κ1) is 24.3. The van der Waals surface area contributed by atoms with E-state index in [0.717, 1.165) is 61.8 Å². The van der Waals surface area contributed by atoms with E-state index in [1.165, 1.54) is 24.0 Å². The fourth-order valence-electron chi connectivity index (χ4n) is 8.50. The van der Waals surface area contributed by atoms with Crippen molar-refractivity contribution in [2.24, 2.45) is 11.3 Å². The van der Waals surface area contributed by atoms with Gasteiger partial charge in [-0.2, -0.15) is 0 Å². The Kier molecular flexibility index (Phi) is 5.85. The lowest BCUT2D eigenvalue weighted by molar-refractivity contribution is -0.164. The van der Waals surface area contributed by atoms with Gasteiger partial charge in [-0.25, -0.2) is 4.79 Å². The molecule has 38 heavy (non-hydrogen) atoms. The number of benzene rings is 2. The summed E-state index contributed by atoms with van der Waals surface area (Å²) in [7, 11) is 1.69. The molecule has 7 heteroatoms. The molecular weight excluding hydrogens is 480 g/mol. The molecule has 2 aromatic rings. The molecule has 2 bridgehead atoms. The lowest BCUT2D eigenvalue weighted by Gasteiger charge is -2.66. The summed E-state index contributed by atoms with van der Waals surface area (Å²) in [4.78, 5) is 15.4. The summed E-state index contributed by atoms with van der Waals surface area (Å²) >= 11 is 0. The number of methoxy groups -OCH3 is 1. The van der Waals surface area contributed by atoms with Gasteiger partial charge in [-0.15, -0.1) is 0 Å². The van der Waals surface area contributed by atoms with Crippen LogP contribution in [0.25, 0.3) is 0 Å². The van der Waals surface area contributed by atoms with Gasteiger partial charge < -0.3 is 24.6 Å². The minimum absolute atomic E-state index is 0.0959. The Morgan fingerprint density at radius 2 is 2.00 bits per heavy atom. The van der Waals surface area contributed by atoms with E-state index in [9.17, 15) is 9.90 Å². The molecule has 5 aliphatic rings. The lowest BCUT2D eigenvalue weighted by Crippen LogP contribution is -2.73. The number of carbonyl (C=O) groups is 1. The van der Waals surface area contributed by atoms with Crippen molar-refractivity contribution < 1.29 is 24.1 Å². The number of rotatable bonds is 8. The summed E-state index contributed by atoms with van der Waals surface area (Å²) in [6.45, 7) is 2.98. The van der Waals surface area contributed by atoms with Gasteiger partial charge in [-0.05, 0) is 74.6 Å². The number of nitrogens with one attached hydrogen (secondary N) is 1. The van der Waals surface area contributed by atoms with Gasteiger partial charge in [0.2, 0.25) is 0 Å². The first-order chi connectivity index (χ1) is 18.6. The van der Waals surface area contributed by atoms with Gasteiger partial charge >= 0.3 is 6.09 Å². The zero-order chi connectivity index (χ0) is 25.9. The van der Waals surface area contributed by atoms with E-state index in [1.54, 1.807) is 7.11 Å². The van der Waals surface area contributed by atoms with E-state index >= 15 is 0 Å². The van der Waals surface area contributed by atoms with Crippen LogP contribution in [-0.4, -0.2) is 61.1 Å². The largest absolute Gasteiger partial charge is 0.493 e. The molecule has 2 aromatic carbocycles. The van der Waals surface area contributed by atoms with E-state index in [0.29, 0.717) is 19.0 Å². The summed E-state index contributed by atoms with van der Waals surface area (Å²) in [5, 5.41) is 14.4. The van der Waals surface area contributed by atoms with Crippen molar-refractivity contribution >= 4 is 6.09 Å². The predicted octanol–water partition coefficient (Wildman–Crippen LogP) is 4.19. The van der Waals surface area contributed by atoms with Crippen LogP contribution in [0.3, 0.4) is 0 Å². The zero-order valence-electron chi connectivity index (χ0n) is 22.2. The predicted molar refractivity (Wildman–Crippen MR) is 142 cm³/mol. The third-order valence-corrected chi connectivity index (χ3v) is 10.3. The number of alkyl carbamates (subject to hydrolysis) is 1. The Balaban J connectivity index is 1.20. The maximum Gasteiger partial charge on any atom is 0.407 e. The van der Waals surface area contributed by atoms with E-state index in [1.807, 2.05) is 36.4 Å². The Labute approximate surface area is 224 Å². The highest BCUT2D eigenvalue weighted by Gasteiger charge is 2.72. The topological polar surface area (TPSA) is 80.3 Å². The maximum absolute atomic E-state index is 12.7. The highest BCUT2D eigenvalue weighted by molar-refractivity contribution is 5.67. The molecule has 3 aliphatic carbocycles. The van der Waals surface area contributed by atoms with Crippen molar-refractivity contribution in [3.63, 3.8) is 0 Å². The van der Waals surface area contributed by atoms with Crippen molar-refractivity contribution in [2.75, 3.05) is 26.7 Å². The van der Waals surface area contributed by atoms with Crippen LogP contribution < -0.4 is 14.8 Å². The molecule has 7 nitrogen and oxygen atoms in total. The highest BCUT2D eigenvalue weighted by atomic mass is 16.5. The number of aliphatic hydroxyl groups excluding tert-OH is 1. The van der Waals surface area contributed by atoms with Gasteiger partial charge in [0, 0.05) is 35.5 Å². The monoisotopic (exact) mass is 518 g/mol. The third-order valence-electron chi connectivity index (χ3n) is 10.3. The number of ether oxygens (including phenoxy) is 3. The number of hydrogen-bond acceptors (Lipinski definition) is 6. The molecule has 0 radical (unpaired) electrons. The standard InChI is InChI=1S/C31H38N2O5/c1-36-24-10-9-22-17-25-30(13-15-32-29(35)37-19-21-5-3-2-4-6-21)12-11-23(34)28-31(30,26(22)27(24)38-28)14-16-33(25)18-20-7-8-20/h2-6,9-10,20,23,25,28,34H,7-8,11-19H2,1H3,(H,32,35)/t23-,25+,28-,30+,31-/m0/s1. The van der Waals surface area contributed by atoms with Gasteiger partial charge in [-0.3, -0.25) is 4.90 Å². The van der Waals surface area contributed by atoms with Crippen molar-refractivity contribution in [1.29, 1.82) is 0 Å². The fraction of sp³-hybridized carbons (Fsp3) is 0.581. The molecule has 2 aliphatic heterocycles. The molecule has 3 fully saturated rings. The number of hydrogen-bond donors (Lipinski definition) is 2. The molecule has 2 N–H and O–H groups in total. The average Bonchev–Trinajstić information content (AvgIpc) is 3.68. The molecule has 1 saturated heterocycles. The van der Waals surface area contributed by atoms with Gasteiger partial charge in [-0.1, -0.05) is 36.4 Å². The summed E-state index contributed by atoms with van der Waals surface area (Å²) < 4.78 is 17.9. The number of likely N-dealkylation sites (tertiary alicyclic amines) is 1. The van der Waals surface area contributed by atoms with E-state index < -0.39 is 6.10 Å². The average molecular weight is 519 g/mol. The van der Waals surface area contributed by atoms with Crippen molar-refractivity contribution in [1.82, 2.24) is 10.2 Å². The molecule has 7 rings (SSSR count). The van der Waals surface area contributed by atoms with Crippen molar-refractivity contribution in [2.45, 2.75) is 75.2 Å². The molecular formula is C31H38N2O5. The van der Waals surface area contributed by atoms with Gasteiger partial charge in [0.1, 0.15) is 12.7 Å². The first-order valence-electron chi connectivity index (χ1n) is 14.3. The minimum atomic E-state index is -0.509. The molecule has 5 atom stereocenters. The molecule has 202 valence electrons. The normalized spacial score (nSPS) is 32.7. The van der Waals surface area contributed by atoms with E-state index in [-0.39, 0.29) is 29.6 Å². The number of nitrogens with zero attached hydrogens (tertiary/aromatic N) is 1. The van der Waals surface area contributed by atoms with Crippen LogP contribution in [0.4, 0.5) is 4.79 Å². The molecule has 1 amide bonds. The quantitative estimate of drug-likeness (QED) is 0.546. The van der Waals surface area contributed by atoms with Gasteiger partial charge in [0.15, 0.2) is 11.5 Å². The first-order valence-corrected chi connectivity index (χ1v) is 14.3. The van der Waals surface area contributed by atoms with Crippen molar-refractivity contribution in [3.8, 4) is 11.5 Å². The molecule has 0 unspecified atom stereocenters. The summed E-state index contributed by atoms with van der Waals surface area (Å²) in [6, 6.07) is 14.4. The number of piperidine rings is 1. The summed E-state index contributed by atoms with van der Waals surface area (Å²) in [5.41, 5.74) is 3.22. The minimum Gasteiger partial charge on any atom is -0.493 e. The Bertz CT molecular complexity index is 1220. The molecule has 2 heterocycles. The van der Waals surface area contributed by atoms with Gasteiger partial charge in [0.25, 0.3) is 0 Å². The second-order valence-corrected chi connectivity index (χ2v) is 12.0. The summed E-state index contributed by atoms with van der Waals surface area (Å²) in [5.74, 6) is 2.41.